The molecule has 3 aromatic rings. The number of fused-ring (bicyclic) bond motifs is 1. The van der Waals surface area contributed by atoms with Gasteiger partial charge in [0.25, 0.3) is 0 Å². The second-order valence-electron chi connectivity index (χ2n) is 2.86. The monoisotopic (exact) mass is 202 g/mol. The largest absolute Gasteiger partial charge is 0.345 e. The van der Waals surface area contributed by atoms with Crippen molar-refractivity contribution in [2.24, 2.45) is 0 Å². The quantitative estimate of drug-likeness (QED) is 0.657. The number of aromatic nitrogens is 4. The topological polar surface area (TPSA) is 54.5 Å². The van der Waals surface area contributed by atoms with Crippen molar-refractivity contribution in [2.45, 2.75) is 0 Å². The van der Waals surface area contributed by atoms with Crippen LogP contribution in [0.3, 0.4) is 0 Å². The van der Waals surface area contributed by atoms with E-state index in [0.29, 0.717) is 0 Å². The lowest BCUT2D eigenvalue weighted by atomic mass is 10.2. The highest BCUT2D eigenvalue weighted by Crippen LogP contribution is 2.25. The predicted molar refractivity (Wildman–Crippen MR) is 55.0 cm³/mol. The van der Waals surface area contributed by atoms with Crippen LogP contribution >= 0.6 is 11.5 Å². The van der Waals surface area contributed by atoms with Crippen molar-refractivity contribution in [3.63, 3.8) is 0 Å². The van der Waals surface area contributed by atoms with E-state index < -0.39 is 0 Å². The summed E-state index contributed by atoms with van der Waals surface area (Å²) in [7, 11) is 0. The molecule has 4 nitrogen and oxygen atoms in total. The Kier molecular flexibility index (Phi) is 1.57. The van der Waals surface area contributed by atoms with Gasteiger partial charge in [-0.15, -0.1) is 5.10 Å². The van der Waals surface area contributed by atoms with Crippen LogP contribution in [0.15, 0.2) is 30.6 Å². The summed E-state index contributed by atoms with van der Waals surface area (Å²) in [6.07, 6.45) is 3.53. The molecule has 0 unspecified atom stereocenters. The molecule has 2 heterocycles. The number of benzene rings is 1. The Bertz CT molecular complexity index is 555. The summed E-state index contributed by atoms with van der Waals surface area (Å²) in [6, 6.07) is 5.98. The predicted octanol–water partition coefficient (Wildman–Crippen LogP) is 2.08. The third-order valence-electron chi connectivity index (χ3n) is 2.03. The van der Waals surface area contributed by atoms with E-state index in [1.807, 2.05) is 18.2 Å². The molecule has 2 aromatic heterocycles. The highest BCUT2D eigenvalue weighted by Gasteiger charge is 2.07. The Morgan fingerprint density at radius 3 is 3.14 bits per heavy atom. The van der Waals surface area contributed by atoms with Crippen LogP contribution in [0.5, 0.6) is 0 Å². The molecule has 0 aliphatic rings. The third-order valence-corrected chi connectivity index (χ3v) is 2.72. The second-order valence-corrected chi connectivity index (χ2v) is 3.65. The molecule has 5 heteroatoms. The number of aromatic amines is 1. The minimum atomic E-state index is 0.836. The minimum absolute atomic E-state index is 0.836. The standard InChI is InChI=1S/C9H6N4S/c1-2-6(9-10-4-5-11-9)8-7(3-1)14-13-12-8/h1-5H,(H,10,11). The van der Waals surface area contributed by atoms with Gasteiger partial charge < -0.3 is 4.98 Å². The highest BCUT2D eigenvalue weighted by atomic mass is 32.1. The first kappa shape index (κ1) is 7.64. The van der Waals surface area contributed by atoms with Crippen LogP contribution in [0.1, 0.15) is 0 Å². The summed E-state index contributed by atoms with van der Waals surface area (Å²) in [4.78, 5) is 7.26. The Labute approximate surface area is 83.8 Å². The van der Waals surface area contributed by atoms with Crippen molar-refractivity contribution in [1.29, 1.82) is 0 Å². The van der Waals surface area contributed by atoms with E-state index in [2.05, 4.69) is 19.6 Å². The molecule has 0 fully saturated rings. The third kappa shape index (κ3) is 1.03. The van der Waals surface area contributed by atoms with E-state index in [9.17, 15) is 0 Å². The summed E-state index contributed by atoms with van der Waals surface area (Å²) in [5.74, 6) is 0.836. The van der Waals surface area contributed by atoms with Gasteiger partial charge in [0.1, 0.15) is 11.3 Å². The fourth-order valence-electron chi connectivity index (χ4n) is 1.41. The van der Waals surface area contributed by atoms with Crippen molar-refractivity contribution in [3.8, 4) is 11.4 Å². The summed E-state index contributed by atoms with van der Waals surface area (Å²) < 4.78 is 5.00. The highest BCUT2D eigenvalue weighted by molar-refractivity contribution is 7.13. The van der Waals surface area contributed by atoms with Crippen LogP contribution < -0.4 is 0 Å². The van der Waals surface area contributed by atoms with E-state index in [1.54, 1.807) is 12.4 Å². The van der Waals surface area contributed by atoms with E-state index >= 15 is 0 Å². The first-order valence-corrected chi connectivity index (χ1v) is 4.93. The first-order chi connectivity index (χ1) is 6.95. The first-order valence-electron chi connectivity index (χ1n) is 4.16. The minimum Gasteiger partial charge on any atom is -0.345 e. The lowest BCUT2D eigenvalue weighted by Gasteiger charge is -1.95. The maximum absolute atomic E-state index is 4.20. The van der Waals surface area contributed by atoms with E-state index in [1.165, 1.54) is 11.5 Å². The average Bonchev–Trinajstić information content (AvgIpc) is 2.88. The van der Waals surface area contributed by atoms with Crippen molar-refractivity contribution in [1.82, 2.24) is 19.6 Å². The van der Waals surface area contributed by atoms with Gasteiger partial charge >= 0.3 is 0 Å². The van der Waals surface area contributed by atoms with Gasteiger partial charge in [0.05, 0.1) is 4.70 Å². The normalized spacial score (nSPS) is 10.9. The zero-order valence-corrected chi connectivity index (χ0v) is 7.95. The fraction of sp³-hybridized carbons (Fsp3) is 0. The van der Waals surface area contributed by atoms with Crippen LogP contribution in [-0.4, -0.2) is 19.6 Å². The number of hydrogen-bond donors (Lipinski definition) is 1. The van der Waals surface area contributed by atoms with Crippen molar-refractivity contribution in [2.75, 3.05) is 0 Å². The van der Waals surface area contributed by atoms with Gasteiger partial charge in [-0.1, -0.05) is 10.6 Å². The molecule has 0 atom stereocenters. The molecule has 0 saturated carbocycles. The lowest BCUT2D eigenvalue weighted by molar-refractivity contribution is 1.19. The van der Waals surface area contributed by atoms with Gasteiger partial charge in [-0.2, -0.15) is 0 Å². The summed E-state index contributed by atoms with van der Waals surface area (Å²) >= 11 is 1.40. The van der Waals surface area contributed by atoms with Crippen LogP contribution in [0.2, 0.25) is 0 Å². The number of nitrogens with one attached hydrogen (secondary N) is 1. The molecule has 0 saturated heterocycles. The van der Waals surface area contributed by atoms with Gasteiger partial charge in [0, 0.05) is 18.0 Å². The van der Waals surface area contributed by atoms with Crippen molar-refractivity contribution in [3.05, 3.63) is 30.6 Å². The molecule has 3 rings (SSSR count). The lowest BCUT2D eigenvalue weighted by Crippen LogP contribution is -1.82. The number of rotatable bonds is 1. The Hall–Kier alpha value is -1.75. The van der Waals surface area contributed by atoms with Gasteiger partial charge in [-0.3, -0.25) is 0 Å². The van der Waals surface area contributed by atoms with E-state index in [-0.39, 0.29) is 0 Å². The zero-order chi connectivity index (χ0) is 9.38. The summed E-state index contributed by atoms with van der Waals surface area (Å²) in [5.41, 5.74) is 1.91. The van der Waals surface area contributed by atoms with Gasteiger partial charge in [-0.25, -0.2) is 4.98 Å². The Morgan fingerprint density at radius 1 is 1.29 bits per heavy atom. The molecule has 0 aliphatic carbocycles. The smallest absolute Gasteiger partial charge is 0.139 e. The summed E-state index contributed by atoms with van der Waals surface area (Å²) in [5, 5.41) is 4.08. The number of nitrogens with zero attached hydrogens (tertiary/aromatic N) is 3. The second kappa shape index (κ2) is 2.88. The molecule has 0 spiro atoms. The van der Waals surface area contributed by atoms with Gasteiger partial charge in [-0.05, 0) is 23.7 Å². The molecular weight excluding hydrogens is 196 g/mol. The van der Waals surface area contributed by atoms with Crippen LogP contribution in [0.4, 0.5) is 0 Å². The molecule has 14 heavy (non-hydrogen) atoms. The number of H-pyrrole nitrogens is 1. The molecule has 0 bridgehead atoms. The molecule has 0 aliphatic heterocycles. The van der Waals surface area contributed by atoms with Crippen molar-refractivity contribution < 1.29 is 0 Å². The molecule has 68 valence electrons. The average molecular weight is 202 g/mol. The van der Waals surface area contributed by atoms with E-state index in [4.69, 9.17) is 0 Å². The van der Waals surface area contributed by atoms with Crippen molar-refractivity contribution >= 4 is 21.7 Å². The summed E-state index contributed by atoms with van der Waals surface area (Å²) in [6.45, 7) is 0. The molecule has 0 radical (unpaired) electrons. The fourth-order valence-corrected chi connectivity index (χ4v) is 2.00. The maximum Gasteiger partial charge on any atom is 0.139 e. The maximum atomic E-state index is 4.20. The molecule has 1 aromatic carbocycles. The molecular formula is C9H6N4S. The Balaban J connectivity index is 2.36. The molecule has 0 amide bonds. The van der Waals surface area contributed by atoms with Crippen LogP contribution in [0.25, 0.3) is 21.6 Å². The number of imidazole rings is 1. The number of hydrogen-bond acceptors (Lipinski definition) is 4. The van der Waals surface area contributed by atoms with Gasteiger partial charge in [0.15, 0.2) is 0 Å². The van der Waals surface area contributed by atoms with Gasteiger partial charge in [0.2, 0.25) is 0 Å². The van der Waals surface area contributed by atoms with Crippen LogP contribution in [-0.2, 0) is 0 Å². The van der Waals surface area contributed by atoms with E-state index in [0.717, 1.165) is 21.6 Å². The Morgan fingerprint density at radius 2 is 2.29 bits per heavy atom. The SMILES string of the molecule is c1cc(-c2ncc[nH]2)c2nnsc2c1. The molecule has 1 N–H and O–H groups in total. The zero-order valence-electron chi connectivity index (χ0n) is 7.14. The van der Waals surface area contributed by atoms with Crippen LogP contribution in [0, 0.1) is 0 Å².